The molecule has 0 atom stereocenters. The molecule has 1 N–H and O–H groups in total. The van der Waals surface area contributed by atoms with Crippen LogP contribution >= 0.6 is 0 Å². The van der Waals surface area contributed by atoms with Crippen molar-refractivity contribution in [1.29, 1.82) is 21.0 Å². The first-order valence-corrected chi connectivity index (χ1v) is 19.9. The molecule has 0 aromatic carbocycles. The molecule has 15 nitrogen and oxygen atoms in total. The summed E-state index contributed by atoms with van der Waals surface area (Å²) in [5.41, 5.74) is -0.362. The van der Waals surface area contributed by atoms with Crippen molar-refractivity contribution in [2.75, 3.05) is 52.4 Å². The van der Waals surface area contributed by atoms with E-state index in [1.807, 2.05) is 68.4 Å². The number of ketones is 1. The maximum atomic E-state index is 11.7. The van der Waals surface area contributed by atoms with E-state index in [-0.39, 0.29) is 155 Å². The number of allylic oxidation sites excluding steroid dienone is 1. The van der Waals surface area contributed by atoms with Crippen molar-refractivity contribution < 1.29 is 164 Å². The molecule has 4 heterocycles. The number of nitrogens with zero attached hydrogens (tertiary/aromatic N) is 7. The Hall–Kier alpha value is -0.834. The topological polar surface area (TPSA) is 213 Å². The number of rotatable bonds is 2. The molecule has 4 rings (SSSR count). The number of likely N-dealkylation sites (tertiary alicyclic amines) is 3. The second-order valence-corrected chi connectivity index (χ2v) is 17.0. The SMILES string of the molecule is CC(C)(C)OC(=O)N1CCC(=O)CC1.CC(C)(C)OC(=O)N1CCC(=[C-]C#N)CC1.CC(C)(C)OC(=O)N1CCC([CH-]C#N)CC1.N#C[CH-]C1CCNCC1.[CH2-]C#N.[Y].[Y].[Y].[Y]. The smallest absolute Gasteiger partial charge is 0.410 e. The van der Waals surface area contributed by atoms with E-state index in [0.717, 1.165) is 44.3 Å². The number of ether oxygens (including phenoxy) is 3. The number of hydrogen-bond donors (Lipinski definition) is 1. The van der Waals surface area contributed by atoms with Crippen molar-refractivity contribution in [2.45, 2.75) is 130 Å². The summed E-state index contributed by atoms with van der Waals surface area (Å²) in [5.74, 6) is 1.10. The number of nitriles is 4. The van der Waals surface area contributed by atoms with Crippen molar-refractivity contribution in [1.82, 2.24) is 20.0 Å². The third-order valence-corrected chi connectivity index (χ3v) is 8.42. The Bertz CT molecular complexity index is 1470. The van der Waals surface area contributed by atoms with E-state index in [2.05, 4.69) is 30.5 Å². The number of hydrogen-bond acceptors (Lipinski definition) is 12. The van der Waals surface area contributed by atoms with Crippen LogP contribution in [-0.4, -0.2) is 108 Å². The molecule has 4 fully saturated rings. The van der Waals surface area contributed by atoms with Gasteiger partial charge >= 0.3 is 18.3 Å². The summed E-state index contributed by atoms with van der Waals surface area (Å²) in [7, 11) is 0. The van der Waals surface area contributed by atoms with Gasteiger partial charge in [0, 0.05) is 183 Å². The molecular formula is C43H66N8O7Y4-4. The zero-order chi connectivity index (χ0) is 44.4. The Labute approximate surface area is 473 Å². The predicted molar refractivity (Wildman–Crippen MR) is 218 cm³/mol. The van der Waals surface area contributed by atoms with Gasteiger partial charge in [0.2, 0.25) is 0 Å². The normalized spacial score (nSPS) is 16.1. The minimum Gasteiger partial charge on any atom is -0.444 e. The van der Waals surface area contributed by atoms with E-state index < -0.39 is 16.8 Å². The molecule has 0 unspecified atom stereocenters. The second kappa shape index (κ2) is 38.3. The summed E-state index contributed by atoms with van der Waals surface area (Å²) in [5, 5.41) is 35.7. The zero-order valence-electron chi connectivity index (χ0n) is 38.6. The van der Waals surface area contributed by atoms with Crippen molar-refractivity contribution in [3.63, 3.8) is 0 Å². The second-order valence-electron chi connectivity index (χ2n) is 17.0. The molecule has 0 aromatic heterocycles. The summed E-state index contributed by atoms with van der Waals surface area (Å²) < 4.78 is 15.7. The minimum absolute atomic E-state index is 0. The van der Waals surface area contributed by atoms with Crippen LogP contribution in [-0.2, 0) is 150 Å². The number of Topliss-reactive ketones (excluding diaryl/α,β-unsaturated/α-hetero) is 1. The summed E-state index contributed by atoms with van der Waals surface area (Å²) in [4.78, 5) is 50.8. The van der Waals surface area contributed by atoms with Gasteiger partial charge in [-0.05, 0) is 88.2 Å². The minimum atomic E-state index is -0.460. The molecule has 0 aliphatic carbocycles. The fourth-order valence-corrected chi connectivity index (χ4v) is 5.55. The molecule has 0 spiro atoms. The summed E-state index contributed by atoms with van der Waals surface area (Å²) in [6.45, 7) is 25.1. The first-order valence-electron chi connectivity index (χ1n) is 19.9. The molecule has 0 saturated carbocycles. The van der Waals surface area contributed by atoms with Gasteiger partial charge in [0.15, 0.2) is 0 Å². The van der Waals surface area contributed by atoms with Crippen molar-refractivity contribution in [2.24, 2.45) is 11.8 Å². The first-order chi connectivity index (χ1) is 27.1. The number of amides is 3. The monoisotopic (exact) mass is 1160 g/mol. The van der Waals surface area contributed by atoms with E-state index in [4.69, 9.17) is 35.3 Å². The van der Waals surface area contributed by atoms with Crippen LogP contribution in [0.3, 0.4) is 0 Å². The van der Waals surface area contributed by atoms with E-state index in [9.17, 15) is 19.2 Å². The van der Waals surface area contributed by atoms with Gasteiger partial charge in [-0.3, -0.25) is 17.6 Å². The van der Waals surface area contributed by atoms with Gasteiger partial charge in [-0.15, -0.1) is 36.1 Å². The van der Waals surface area contributed by atoms with Crippen LogP contribution < -0.4 is 5.32 Å². The number of nitrogens with one attached hydrogen (secondary N) is 1. The molecule has 4 aliphatic heterocycles. The van der Waals surface area contributed by atoms with Gasteiger partial charge in [0.1, 0.15) is 22.6 Å². The molecular weight excluding hydrogens is 1100 g/mol. The maximum absolute atomic E-state index is 11.7. The van der Waals surface area contributed by atoms with Gasteiger partial charge in [-0.2, -0.15) is 0 Å². The zero-order valence-corrected chi connectivity index (χ0v) is 50.0. The van der Waals surface area contributed by atoms with Crippen LogP contribution in [0, 0.1) is 83.0 Å². The van der Waals surface area contributed by atoms with Crippen LogP contribution in [0.15, 0.2) is 5.57 Å². The predicted octanol–water partition coefficient (Wildman–Crippen LogP) is 7.27. The third-order valence-electron chi connectivity index (χ3n) is 8.42. The van der Waals surface area contributed by atoms with Crippen molar-refractivity contribution >= 4 is 24.1 Å². The summed E-state index contributed by atoms with van der Waals surface area (Å²) in [6.07, 6.45) is 11.5. The Morgan fingerprint density at radius 3 is 1.23 bits per heavy atom. The van der Waals surface area contributed by atoms with Crippen LogP contribution in [0.25, 0.3) is 0 Å². The van der Waals surface area contributed by atoms with Gasteiger partial charge in [-0.1, -0.05) is 25.7 Å². The largest absolute Gasteiger partial charge is 0.444 e. The summed E-state index contributed by atoms with van der Waals surface area (Å²) >= 11 is 0. The molecule has 336 valence electrons. The third kappa shape index (κ3) is 37.4. The molecule has 0 aromatic rings. The Kier molecular flexibility index (Phi) is 43.3. The van der Waals surface area contributed by atoms with Crippen LogP contribution in [0.1, 0.15) is 114 Å². The average molecular weight is 1160 g/mol. The molecule has 4 aliphatic rings. The van der Waals surface area contributed by atoms with E-state index >= 15 is 0 Å². The molecule has 3 amide bonds. The Morgan fingerprint density at radius 2 is 0.919 bits per heavy atom. The Morgan fingerprint density at radius 1 is 0.613 bits per heavy atom. The van der Waals surface area contributed by atoms with Gasteiger partial charge in [0.05, 0.1) is 0 Å². The fourth-order valence-electron chi connectivity index (χ4n) is 5.55. The maximum Gasteiger partial charge on any atom is 0.410 e. The summed E-state index contributed by atoms with van der Waals surface area (Å²) in [6, 6.07) is 7.54. The van der Waals surface area contributed by atoms with Gasteiger partial charge < -0.3 is 47.2 Å². The van der Waals surface area contributed by atoms with Crippen molar-refractivity contribution in [3.8, 4) is 24.3 Å². The van der Waals surface area contributed by atoms with E-state index in [1.54, 1.807) is 27.5 Å². The van der Waals surface area contributed by atoms with Gasteiger partial charge in [-0.25, -0.2) is 41.0 Å². The standard InChI is InChI=1S/C12H19N2O2.C12H17N2O2.C10H17NO3.C7H11N2.C2H2N.4Y/c2*1-12(2,3)16-11(15)14-8-5-10(4-7-13)6-9-14;1-10(2,3)14-9(13)11-6-4-8(12)5-7-11;8-4-1-7-2-5-9-6-3-7;1-2-3;;;;/h4,10H,5-6,8-9H2,1-3H3;5-6,8-9H2,1-3H3;4-7H2,1-3H3;1,7,9H,2-3,5-6H2;1H2;;;;/q2*-1;;2*-1;;;;. The first kappa shape index (κ1) is 70.2. The average Bonchev–Trinajstić information content (AvgIpc) is 3.12. The number of carbonyl (C=O) groups is 4. The van der Waals surface area contributed by atoms with Crippen LogP contribution in [0.4, 0.5) is 14.4 Å². The van der Waals surface area contributed by atoms with Crippen LogP contribution in [0.5, 0.6) is 0 Å². The molecule has 19 heteroatoms. The number of carbonyl (C=O) groups excluding carboxylic acids is 4. The molecule has 4 saturated heterocycles. The van der Waals surface area contributed by atoms with E-state index in [0.29, 0.717) is 76.8 Å². The fraction of sp³-hybridized carbons (Fsp3) is 0.698. The molecule has 62 heavy (non-hydrogen) atoms. The molecule has 4 radical (unpaired) electrons. The van der Waals surface area contributed by atoms with Crippen molar-refractivity contribution in [3.05, 3.63) is 31.4 Å². The quantitative estimate of drug-likeness (QED) is 0.164. The number of piperidine rings is 4. The van der Waals surface area contributed by atoms with E-state index in [1.165, 1.54) is 6.07 Å². The van der Waals surface area contributed by atoms with Gasteiger partial charge in [0.25, 0.3) is 0 Å². The molecule has 0 bridgehead atoms. The van der Waals surface area contributed by atoms with Crippen LogP contribution in [0.2, 0.25) is 0 Å². The Balaban J connectivity index is -0.000000226.